The Morgan fingerprint density at radius 1 is 1.35 bits per heavy atom. The van der Waals surface area contributed by atoms with Crippen LogP contribution in [0.4, 0.5) is 5.82 Å². The maximum atomic E-state index is 5.71. The Hall–Kier alpha value is -1.16. The molecule has 1 aromatic heterocycles. The fourth-order valence-electron chi connectivity index (χ4n) is 1.34. The highest BCUT2D eigenvalue weighted by Crippen LogP contribution is 2.16. The van der Waals surface area contributed by atoms with Crippen molar-refractivity contribution < 1.29 is 0 Å². The van der Waals surface area contributed by atoms with E-state index >= 15 is 0 Å². The van der Waals surface area contributed by atoms with Crippen LogP contribution < -0.4 is 11.1 Å². The van der Waals surface area contributed by atoms with Crippen LogP contribution in [0.25, 0.3) is 0 Å². The monoisotopic (exact) mass is 236 g/mol. The Kier molecular flexibility index (Phi) is 4.46. The summed E-state index contributed by atoms with van der Waals surface area (Å²) >= 11 is 0. The van der Waals surface area contributed by atoms with Gasteiger partial charge < -0.3 is 11.1 Å². The van der Waals surface area contributed by atoms with Crippen molar-refractivity contribution in [3.8, 4) is 0 Å². The minimum atomic E-state index is 0.0802. The Balaban J connectivity index is 2.78. The van der Waals surface area contributed by atoms with E-state index in [-0.39, 0.29) is 5.41 Å². The summed E-state index contributed by atoms with van der Waals surface area (Å²) < 4.78 is 0. The zero-order chi connectivity index (χ0) is 13.1. The lowest BCUT2D eigenvalue weighted by molar-refractivity contribution is 0.405. The Bertz CT molecular complexity index is 372. The van der Waals surface area contributed by atoms with Crippen LogP contribution in [0.15, 0.2) is 6.07 Å². The van der Waals surface area contributed by atoms with Gasteiger partial charge in [-0.25, -0.2) is 9.97 Å². The van der Waals surface area contributed by atoms with Crippen molar-refractivity contribution in [2.75, 3.05) is 18.4 Å². The molecule has 1 heterocycles. The normalized spacial score (nSPS) is 11.9. The highest BCUT2D eigenvalue weighted by Gasteiger charge is 2.15. The van der Waals surface area contributed by atoms with Gasteiger partial charge in [-0.15, -0.1) is 0 Å². The number of rotatable bonds is 5. The molecule has 0 aliphatic rings. The number of hydrogen-bond acceptors (Lipinski definition) is 4. The van der Waals surface area contributed by atoms with Crippen molar-refractivity contribution in [1.29, 1.82) is 0 Å². The number of nitrogens with two attached hydrogens (primary N) is 1. The number of anilines is 1. The molecule has 1 rings (SSSR count). The van der Waals surface area contributed by atoms with Gasteiger partial charge in [0.1, 0.15) is 11.6 Å². The van der Waals surface area contributed by atoms with E-state index < -0.39 is 0 Å². The molecular formula is C13H24N4. The predicted octanol–water partition coefficient (Wildman–Crippen LogP) is 2.31. The third-order valence-corrected chi connectivity index (χ3v) is 2.69. The summed E-state index contributed by atoms with van der Waals surface area (Å²) in [6.45, 7) is 11.9. The SMILES string of the molecule is Cc1cc(NCC(C)(C)CN)nc(C(C)C)n1. The van der Waals surface area contributed by atoms with Gasteiger partial charge in [0.25, 0.3) is 0 Å². The molecule has 0 amide bonds. The van der Waals surface area contributed by atoms with Crippen molar-refractivity contribution in [2.45, 2.75) is 40.5 Å². The molecule has 0 radical (unpaired) electrons. The van der Waals surface area contributed by atoms with Gasteiger partial charge >= 0.3 is 0 Å². The summed E-state index contributed by atoms with van der Waals surface area (Å²) in [5.74, 6) is 2.12. The number of nitrogens with zero attached hydrogens (tertiary/aromatic N) is 2. The van der Waals surface area contributed by atoms with Crippen molar-refractivity contribution in [3.05, 3.63) is 17.6 Å². The molecule has 0 atom stereocenters. The summed E-state index contributed by atoms with van der Waals surface area (Å²) in [7, 11) is 0. The second-order valence-corrected chi connectivity index (χ2v) is 5.63. The quantitative estimate of drug-likeness (QED) is 0.823. The Labute approximate surface area is 104 Å². The van der Waals surface area contributed by atoms with Crippen LogP contribution in [0.5, 0.6) is 0 Å². The highest BCUT2D eigenvalue weighted by molar-refractivity contribution is 5.36. The van der Waals surface area contributed by atoms with Crippen LogP contribution in [0.1, 0.15) is 45.1 Å². The molecule has 4 heteroatoms. The Morgan fingerprint density at radius 3 is 2.53 bits per heavy atom. The van der Waals surface area contributed by atoms with Gasteiger partial charge in [0.2, 0.25) is 0 Å². The summed E-state index contributed by atoms with van der Waals surface area (Å²) in [6, 6.07) is 1.97. The van der Waals surface area contributed by atoms with E-state index in [2.05, 4.69) is 43.0 Å². The lowest BCUT2D eigenvalue weighted by Gasteiger charge is -2.23. The smallest absolute Gasteiger partial charge is 0.133 e. The Morgan fingerprint density at radius 2 is 2.00 bits per heavy atom. The van der Waals surface area contributed by atoms with E-state index in [0.717, 1.165) is 23.9 Å². The van der Waals surface area contributed by atoms with Crippen LogP contribution in [0.2, 0.25) is 0 Å². The van der Waals surface area contributed by atoms with Crippen LogP contribution in [-0.4, -0.2) is 23.1 Å². The number of nitrogens with one attached hydrogen (secondary N) is 1. The summed E-state index contributed by atoms with van der Waals surface area (Å²) in [6.07, 6.45) is 0. The molecule has 0 saturated heterocycles. The fourth-order valence-corrected chi connectivity index (χ4v) is 1.34. The molecule has 0 saturated carbocycles. The first-order valence-electron chi connectivity index (χ1n) is 6.13. The first-order chi connectivity index (χ1) is 7.84. The topological polar surface area (TPSA) is 63.8 Å². The summed E-state index contributed by atoms with van der Waals surface area (Å²) in [5.41, 5.74) is 6.78. The number of hydrogen-bond donors (Lipinski definition) is 2. The van der Waals surface area contributed by atoms with Gasteiger partial charge in [-0.3, -0.25) is 0 Å². The second-order valence-electron chi connectivity index (χ2n) is 5.63. The molecule has 0 bridgehead atoms. The largest absolute Gasteiger partial charge is 0.369 e. The molecule has 96 valence electrons. The molecule has 0 aliphatic carbocycles. The fraction of sp³-hybridized carbons (Fsp3) is 0.692. The van der Waals surface area contributed by atoms with Gasteiger partial charge in [0.15, 0.2) is 0 Å². The minimum Gasteiger partial charge on any atom is -0.369 e. The number of aryl methyl sites for hydroxylation is 1. The zero-order valence-electron chi connectivity index (χ0n) is 11.5. The molecule has 0 aliphatic heterocycles. The van der Waals surface area contributed by atoms with E-state index in [1.807, 2.05) is 13.0 Å². The third kappa shape index (κ3) is 4.30. The lowest BCUT2D eigenvalue weighted by Crippen LogP contribution is -2.31. The first kappa shape index (κ1) is 13.9. The van der Waals surface area contributed by atoms with Gasteiger partial charge in [-0.1, -0.05) is 27.7 Å². The molecular weight excluding hydrogens is 212 g/mol. The maximum Gasteiger partial charge on any atom is 0.133 e. The zero-order valence-corrected chi connectivity index (χ0v) is 11.5. The molecule has 0 aromatic carbocycles. The molecule has 17 heavy (non-hydrogen) atoms. The van der Waals surface area contributed by atoms with Crippen molar-refractivity contribution in [3.63, 3.8) is 0 Å². The van der Waals surface area contributed by atoms with Crippen LogP contribution in [0, 0.1) is 12.3 Å². The van der Waals surface area contributed by atoms with Gasteiger partial charge in [0, 0.05) is 24.2 Å². The molecule has 0 spiro atoms. The van der Waals surface area contributed by atoms with Crippen molar-refractivity contribution in [2.24, 2.45) is 11.1 Å². The van der Waals surface area contributed by atoms with E-state index in [9.17, 15) is 0 Å². The standard InChI is InChI=1S/C13H24N4/c1-9(2)12-16-10(3)6-11(17-12)15-8-13(4,5)7-14/h6,9H,7-8,14H2,1-5H3,(H,15,16,17). The van der Waals surface area contributed by atoms with Crippen LogP contribution in [-0.2, 0) is 0 Å². The lowest BCUT2D eigenvalue weighted by atomic mass is 9.94. The van der Waals surface area contributed by atoms with Gasteiger partial charge in [0.05, 0.1) is 0 Å². The van der Waals surface area contributed by atoms with Crippen molar-refractivity contribution >= 4 is 5.82 Å². The molecule has 4 nitrogen and oxygen atoms in total. The van der Waals surface area contributed by atoms with Gasteiger partial charge in [-0.2, -0.15) is 0 Å². The predicted molar refractivity (Wildman–Crippen MR) is 72.2 cm³/mol. The third-order valence-electron chi connectivity index (χ3n) is 2.69. The summed E-state index contributed by atoms with van der Waals surface area (Å²) in [5, 5.41) is 3.34. The first-order valence-corrected chi connectivity index (χ1v) is 6.13. The number of aromatic nitrogens is 2. The average molecular weight is 236 g/mol. The van der Waals surface area contributed by atoms with Crippen LogP contribution >= 0.6 is 0 Å². The highest BCUT2D eigenvalue weighted by atomic mass is 15.0. The average Bonchev–Trinajstić information content (AvgIpc) is 2.26. The molecule has 3 N–H and O–H groups in total. The molecule has 0 fully saturated rings. The molecule has 0 unspecified atom stereocenters. The van der Waals surface area contributed by atoms with E-state index in [4.69, 9.17) is 5.73 Å². The van der Waals surface area contributed by atoms with E-state index in [0.29, 0.717) is 12.5 Å². The van der Waals surface area contributed by atoms with E-state index in [1.165, 1.54) is 0 Å². The van der Waals surface area contributed by atoms with Crippen LogP contribution in [0.3, 0.4) is 0 Å². The minimum absolute atomic E-state index is 0.0802. The summed E-state index contributed by atoms with van der Waals surface area (Å²) in [4.78, 5) is 8.93. The molecule has 1 aromatic rings. The second kappa shape index (κ2) is 5.45. The van der Waals surface area contributed by atoms with Crippen molar-refractivity contribution in [1.82, 2.24) is 9.97 Å². The maximum absolute atomic E-state index is 5.71. The van der Waals surface area contributed by atoms with E-state index in [1.54, 1.807) is 0 Å². The van der Waals surface area contributed by atoms with Gasteiger partial charge in [-0.05, 0) is 18.9 Å².